The van der Waals surface area contributed by atoms with Crippen LogP contribution in [0.4, 0.5) is 0 Å². The van der Waals surface area contributed by atoms with Crippen molar-refractivity contribution in [2.75, 3.05) is 0 Å². The first-order chi connectivity index (χ1) is 1.73. The molecule has 4 heavy (non-hydrogen) atoms. The molecule has 0 heterocycles. The second-order valence-corrected chi connectivity index (χ2v) is 6.46. The van der Waals surface area contributed by atoms with E-state index >= 15 is 0 Å². The van der Waals surface area contributed by atoms with Gasteiger partial charge in [-0.2, -0.15) is 0 Å². The average Bonchev–Trinajstić information content (AvgIpc) is 0.811. The van der Waals surface area contributed by atoms with E-state index in [0.717, 1.165) is 0 Å². The smallest absolute Gasteiger partial charge is 0.0346 e. The van der Waals surface area contributed by atoms with Crippen LogP contribution >= 0.6 is 21.2 Å². The van der Waals surface area contributed by atoms with E-state index in [1.165, 1.54) is 0 Å². The Balaban J connectivity index is 3.85. The first kappa shape index (κ1) is 4.95. The minimum absolute atomic E-state index is 0.308. The van der Waals surface area contributed by atoms with Gasteiger partial charge >= 0.3 is 0 Å². The number of hydrogen-bond donors (Lipinski definition) is 0. The molecule has 0 atom stereocenters. The van der Waals surface area contributed by atoms with Crippen molar-refractivity contribution < 1.29 is 0 Å². The largest absolute Gasteiger partial charge is 0.0959 e. The molecule has 0 radical (unpaired) electrons. The summed E-state index contributed by atoms with van der Waals surface area (Å²) in [5, 5.41) is 0. The molecule has 0 fully saturated rings. The first-order valence-corrected chi connectivity index (χ1v) is 5.31. The normalized spacial score (nSPS) is 6.00. The van der Waals surface area contributed by atoms with Crippen molar-refractivity contribution >= 4 is 38.4 Å². The van der Waals surface area contributed by atoms with Crippen LogP contribution in [0.3, 0.4) is 0 Å². The van der Waals surface area contributed by atoms with E-state index in [0.29, 0.717) is 0 Å². The van der Waals surface area contributed by atoms with Crippen molar-refractivity contribution in [2.24, 2.45) is 0 Å². The van der Waals surface area contributed by atoms with E-state index < -0.39 is 0 Å². The highest BCUT2D eigenvalue weighted by molar-refractivity contribution is 14.2. The van der Waals surface area contributed by atoms with Crippen molar-refractivity contribution in [1.29, 1.82) is 0 Å². The fraction of sp³-hybridized carbons (Fsp3) is 0. The van der Waals surface area contributed by atoms with Gasteiger partial charge < -0.3 is 0 Å². The summed E-state index contributed by atoms with van der Waals surface area (Å²) in [6.45, 7) is 0. The molecule has 0 aliphatic carbocycles. The zero-order valence-electron chi connectivity index (χ0n) is 1.77. The van der Waals surface area contributed by atoms with Crippen molar-refractivity contribution in [1.82, 2.24) is 0 Å². The van der Waals surface area contributed by atoms with Gasteiger partial charge in [0.1, 0.15) is 0 Å². The molecule has 0 aromatic rings. The fourth-order valence-electron chi connectivity index (χ4n) is 0. The molecular weight excluding hydrogens is 203 g/mol. The Bertz CT molecular complexity index is 96.2. The molecule has 0 rings (SSSR count). The van der Waals surface area contributed by atoms with Crippen LogP contribution in [0.1, 0.15) is 0 Å². The third-order valence-electron chi connectivity index (χ3n) is 0. The fourth-order valence-corrected chi connectivity index (χ4v) is 0. The van der Waals surface area contributed by atoms with Crippen molar-refractivity contribution in [3.63, 3.8) is 0 Å². The Labute approximate surface area is 44.0 Å². The monoisotopic (exact) mass is 204 g/mol. The van der Waals surface area contributed by atoms with Crippen LogP contribution in [0.15, 0.2) is 0 Å². The lowest BCUT2D eigenvalue weighted by atomic mass is 12.0. The summed E-state index contributed by atoms with van der Waals surface area (Å²) in [5.74, 6) is 0. The maximum absolute atomic E-state index is 4.94. The molecule has 0 nitrogen and oxygen atoms in total. The Hall–Kier alpha value is 0.950. The van der Waals surface area contributed by atoms with Gasteiger partial charge in [-0.25, -0.2) is 0 Å². The topological polar surface area (TPSA) is 0 Å². The lowest BCUT2D eigenvalue weighted by Gasteiger charge is -1.38. The predicted molar refractivity (Wildman–Crippen MR) is 33.7 cm³/mol. The van der Waals surface area contributed by atoms with E-state index in [1.54, 1.807) is 0 Å². The molecule has 0 amide bonds. The summed E-state index contributed by atoms with van der Waals surface area (Å²) in [7, 11) is 0. The molecule has 0 bridgehead atoms. The molecule has 0 aliphatic heterocycles. The predicted octanol–water partition coefficient (Wildman–Crippen LogP) is 1.01. The Morgan fingerprint density at radius 1 is 2.00 bits per heavy atom. The van der Waals surface area contributed by atoms with Crippen molar-refractivity contribution in [3.05, 3.63) is 0 Å². The van der Waals surface area contributed by atoms with E-state index in [-0.39, 0.29) is 6.03 Å². The minimum Gasteiger partial charge on any atom is -0.0959 e. The highest BCUT2D eigenvalue weighted by atomic mass is 127. The van der Waals surface area contributed by atoms with Crippen molar-refractivity contribution in [2.45, 2.75) is 0 Å². The maximum atomic E-state index is 4.94. The van der Waals surface area contributed by atoms with Gasteiger partial charge in [0.15, 0.2) is 0 Å². The average molecular weight is 204 g/mol. The number of hydrogen-bond acceptors (Lipinski definition) is 1. The maximum Gasteiger partial charge on any atom is 0.0346 e. The molecule has 0 unspecified atom stereocenters. The standard InChI is InChI=1S/CHIS2/c1-4(2)3/h1H. The second kappa shape index (κ2) is 2.20. The Morgan fingerprint density at radius 2 is 2.00 bits per heavy atom. The molecule has 0 spiro atoms. The Morgan fingerprint density at radius 3 is 2.00 bits per heavy atom. The molecule has 0 aromatic carbocycles. The van der Waals surface area contributed by atoms with Gasteiger partial charge in [-0.05, 0) is 11.2 Å². The van der Waals surface area contributed by atoms with Gasteiger partial charge in [0.25, 0.3) is 0 Å². The van der Waals surface area contributed by atoms with Gasteiger partial charge in [0.05, 0.1) is 0 Å². The lowest BCUT2D eigenvalue weighted by molar-refractivity contribution is 3.79. The summed E-state index contributed by atoms with van der Waals surface area (Å²) < 4.78 is 0. The quantitative estimate of drug-likeness (QED) is 0.419. The highest BCUT2D eigenvalue weighted by Crippen LogP contribution is 1.71. The third-order valence-corrected chi connectivity index (χ3v) is 0. The van der Waals surface area contributed by atoms with Crippen molar-refractivity contribution in [3.8, 4) is 5.69 Å². The van der Waals surface area contributed by atoms with Gasteiger partial charge in [-0.15, -0.1) is 0 Å². The van der Waals surface area contributed by atoms with Crippen LogP contribution in [-0.4, -0.2) is 0 Å². The summed E-state index contributed by atoms with van der Waals surface area (Å²) in [6.07, 6.45) is 0. The van der Waals surface area contributed by atoms with E-state index in [9.17, 15) is 0 Å². The first-order valence-electron chi connectivity index (χ1n) is 0.557. The zero-order chi connectivity index (χ0) is 3.58. The lowest BCUT2D eigenvalue weighted by Crippen LogP contribution is -1.19. The van der Waals surface area contributed by atoms with Crippen LogP contribution in [0.2, 0.25) is 0 Å². The summed E-state index contributed by atoms with van der Waals surface area (Å²) in [5.41, 5.74) is 4.94. The minimum atomic E-state index is -0.308. The van der Waals surface area contributed by atoms with E-state index in [2.05, 4.69) is 11.2 Å². The summed E-state index contributed by atoms with van der Waals surface area (Å²) in [6, 6.07) is -0.308. The van der Waals surface area contributed by atoms with Crippen LogP contribution in [0.5, 0.6) is 0 Å². The van der Waals surface area contributed by atoms with Gasteiger partial charge in [0, 0.05) is 21.2 Å². The number of rotatable bonds is 0. The second-order valence-electron chi connectivity index (χ2n) is 0.248. The molecule has 0 aliphatic rings. The third kappa shape index (κ3) is 12.4. The molecule has 0 aromatic heterocycles. The molecular formula is CHIS2. The number of halogens is 1. The van der Waals surface area contributed by atoms with Crippen LogP contribution in [0.25, 0.3) is 0 Å². The van der Waals surface area contributed by atoms with Gasteiger partial charge in [-0.1, -0.05) is 11.7 Å². The molecule has 0 saturated heterocycles. The molecule has 0 saturated carbocycles. The van der Waals surface area contributed by atoms with Crippen LogP contribution in [0, 0.1) is 5.69 Å². The molecule has 0 N–H and O–H groups in total. The van der Waals surface area contributed by atoms with E-state index in [4.69, 9.17) is 5.69 Å². The SMILES string of the molecule is C#S(=S)I. The molecule has 24 valence electrons. The van der Waals surface area contributed by atoms with Gasteiger partial charge in [-0.3, -0.25) is 0 Å². The zero-order valence-corrected chi connectivity index (χ0v) is 5.56. The summed E-state index contributed by atoms with van der Waals surface area (Å²) in [4.78, 5) is 0. The summed E-state index contributed by atoms with van der Waals surface area (Å²) >= 11 is 6.38. The molecule has 3 heteroatoms. The van der Waals surface area contributed by atoms with E-state index in [1.807, 2.05) is 21.2 Å². The Kier molecular flexibility index (Phi) is 2.73. The highest BCUT2D eigenvalue weighted by Gasteiger charge is 1.33. The van der Waals surface area contributed by atoms with Crippen LogP contribution in [-0.2, 0) is 17.2 Å². The van der Waals surface area contributed by atoms with Crippen LogP contribution < -0.4 is 0 Å². The van der Waals surface area contributed by atoms with Gasteiger partial charge in [0.2, 0.25) is 0 Å².